The van der Waals surface area contributed by atoms with Crippen LogP contribution in [0.15, 0.2) is 9.95 Å². The Balaban J connectivity index is 1.92. The van der Waals surface area contributed by atoms with Gasteiger partial charge in [0.25, 0.3) is 0 Å². The third kappa shape index (κ3) is 3.45. The Bertz CT molecular complexity index is 505. The van der Waals surface area contributed by atoms with E-state index in [2.05, 4.69) is 10.2 Å². The molecule has 0 saturated heterocycles. The van der Waals surface area contributed by atoms with E-state index in [0.29, 0.717) is 17.0 Å². The molecule has 0 atom stereocenters. The zero-order valence-corrected chi connectivity index (χ0v) is 12.9. The zero-order chi connectivity index (χ0) is 14.5. The fraction of sp³-hybridized carbons (Fsp3) is 0.769. The van der Waals surface area contributed by atoms with E-state index < -0.39 is 0 Å². The highest BCUT2D eigenvalue weighted by atomic mass is 32.2. The summed E-state index contributed by atoms with van der Waals surface area (Å²) in [6.45, 7) is 2.78. The molecule has 6 nitrogen and oxygen atoms in total. The van der Waals surface area contributed by atoms with Gasteiger partial charge in [-0.3, -0.25) is 9.36 Å². The van der Waals surface area contributed by atoms with Crippen molar-refractivity contribution in [3.8, 4) is 0 Å². The normalized spacial score (nSPS) is 16.3. The van der Waals surface area contributed by atoms with E-state index in [1.54, 1.807) is 7.05 Å². The van der Waals surface area contributed by atoms with Crippen molar-refractivity contribution in [2.45, 2.75) is 50.2 Å². The van der Waals surface area contributed by atoms with E-state index in [4.69, 9.17) is 0 Å². The molecule has 2 rings (SSSR count). The summed E-state index contributed by atoms with van der Waals surface area (Å²) < 4.78 is 1.43. The molecule has 1 aliphatic rings. The summed E-state index contributed by atoms with van der Waals surface area (Å²) in [6, 6.07) is 0.393. The molecule has 112 valence electrons. The van der Waals surface area contributed by atoms with Gasteiger partial charge in [-0.25, -0.2) is 9.89 Å². The number of aromatic nitrogens is 3. The summed E-state index contributed by atoms with van der Waals surface area (Å²) in [5.41, 5.74) is -0.250. The molecule has 0 aliphatic heterocycles. The molecule has 0 bridgehead atoms. The number of carbonyl (C=O) groups excluding carboxylic acids is 1. The lowest BCUT2D eigenvalue weighted by Crippen LogP contribution is -2.42. The third-order valence-electron chi connectivity index (χ3n) is 3.84. The van der Waals surface area contributed by atoms with Crippen LogP contribution in [0.25, 0.3) is 0 Å². The summed E-state index contributed by atoms with van der Waals surface area (Å²) in [4.78, 5) is 25.6. The van der Waals surface area contributed by atoms with Crippen molar-refractivity contribution >= 4 is 17.7 Å². The first kappa shape index (κ1) is 15.2. The summed E-state index contributed by atoms with van der Waals surface area (Å²) in [5, 5.41) is 6.84. The Hall–Kier alpha value is -1.24. The van der Waals surface area contributed by atoms with E-state index in [0.717, 1.165) is 19.4 Å². The van der Waals surface area contributed by atoms with Crippen LogP contribution in [0.2, 0.25) is 0 Å². The van der Waals surface area contributed by atoms with Crippen LogP contribution < -0.4 is 5.69 Å². The minimum absolute atomic E-state index is 0.139. The van der Waals surface area contributed by atoms with Gasteiger partial charge in [0.15, 0.2) is 5.16 Å². The van der Waals surface area contributed by atoms with Gasteiger partial charge in [-0.15, -0.1) is 5.10 Å². The summed E-state index contributed by atoms with van der Waals surface area (Å²) >= 11 is 1.31. The predicted octanol–water partition coefficient (Wildman–Crippen LogP) is 1.38. The summed E-state index contributed by atoms with van der Waals surface area (Å²) in [5.74, 6) is 0.475. The first-order chi connectivity index (χ1) is 9.63. The van der Waals surface area contributed by atoms with Gasteiger partial charge in [-0.1, -0.05) is 31.0 Å². The quantitative estimate of drug-likeness (QED) is 0.834. The van der Waals surface area contributed by atoms with Crippen LogP contribution in [0, 0.1) is 0 Å². The van der Waals surface area contributed by atoms with Crippen LogP contribution in [-0.4, -0.2) is 43.9 Å². The number of H-pyrrole nitrogens is 1. The highest BCUT2D eigenvalue weighted by Gasteiger charge is 2.24. The summed E-state index contributed by atoms with van der Waals surface area (Å²) in [6.07, 6.45) is 5.95. The molecule has 1 heterocycles. The molecule has 1 N–H and O–H groups in total. The van der Waals surface area contributed by atoms with Crippen molar-refractivity contribution in [3.63, 3.8) is 0 Å². The average molecular weight is 298 g/mol. The number of nitrogens with zero attached hydrogens (tertiary/aromatic N) is 3. The number of hydrogen-bond acceptors (Lipinski definition) is 4. The minimum atomic E-state index is -0.250. The second-order valence-electron chi connectivity index (χ2n) is 5.13. The number of aromatic amines is 1. The first-order valence-electron chi connectivity index (χ1n) is 7.17. The van der Waals surface area contributed by atoms with Gasteiger partial charge in [0.2, 0.25) is 5.91 Å². The average Bonchev–Trinajstić information content (AvgIpc) is 2.78. The molecule has 0 radical (unpaired) electrons. The van der Waals surface area contributed by atoms with Crippen molar-refractivity contribution < 1.29 is 4.79 Å². The molecule has 1 fully saturated rings. The Morgan fingerprint density at radius 3 is 2.70 bits per heavy atom. The first-order valence-corrected chi connectivity index (χ1v) is 8.15. The maximum absolute atomic E-state index is 12.3. The Labute approximate surface area is 122 Å². The molecule has 20 heavy (non-hydrogen) atoms. The van der Waals surface area contributed by atoms with Gasteiger partial charge in [-0.05, 0) is 19.8 Å². The molecule has 1 amide bonds. The number of carbonyl (C=O) groups is 1. The number of hydrogen-bond donors (Lipinski definition) is 1. The fourth-order valence-electron chi connectivity index (χ4n) is 2.70. The minimum Gasteiger partial charge on any atom is -0.339 e. The van der Waals surface area contributed by atoms with Gasteiger partial charge in [-0.2, -0.15) is 0 Å². The van der Waals surface area contributed by atoms with Crippen LogP contribution in [0.4, 0.5) is 0 Å². The second-order valence-corrected chi connectivity index (χ2v) is 6.07. The molecule has 1 saturated carbocycles. The van der Waals surface area contributed by atoms with E-state index in [1.165, 1.54) is 35.6 Å². The number of nitrogens with one attached hydrogen (secondary N) is 1. The number of thioether (sulfide) groups is 1. The zero-order valence-electron chi connectivity index (χ0n) is 12.1. The van der Waals surface area contributed by atoms with Crippen LogP contribution in [0.1, 0.15) is 39.0 Å². The number of rotatable bonds is 5. The maximum atomic E-state index is 12.3. The van der Waals surface area contributed by atoms with Gasteiger partial charge in [0, 0.05) is 19.6 Å². The highest BCUT2D eigenvalue weighted by Crippen LogP contribution is 2.23. The largest absolute Gasteiger partial charge is 0.343 e. The number of amides is 1. The third-order valence-corrected chi connectivity index (χ3v) is 4.85. The lowest BCUT2D eigenvalue weighted by Gasteiger charge is -2.33. The van der Waals surface area contributed by atoms with Crippen molar-refractivity contribution in [1.29, 1.82) is 0 Å². The lowest BCUT2D eigenvalue weighted by molar-refractivity contribution is -0.131. The van der Waals surface area contributed by atoms with Crippen molar-refractivity contribution in [3.05, 3.63) is 10.5 Å². The van der Waals surface area contributed by atoms with Crippen molar-refractivity contribution in [2.75, 3.05) is 12.3 Å². The SMILES string of the molecule is CCN(C(=O)CSc1n[nH]c(=O)n1C)C1CCCCC1. The molecule has 1 aromatic rings. The fourth-order valence-corrected chi connectivity index (χ4v) is 3.51. The molecule has 0 aromatic carbocycles. The maximum Gasteiger partial charge on any atom is 0.343 e. The molecular formula is C13H22N4O2S. The van der Waals surface area contributed by atoms with E-state index >= 15 is 0 Å². The van der Waals surface area contributed by atoms with Crippen LogP contribution in [0.5, 0.6) is 0 Å². The van der Waals surface area contributed by atoms with Crippen molar-refractivity contribution in [2.24, 2.45) is 7.05 Å². The van der Waals surface area contributed by atoms with Gasteiger partial charge in [0.05, 0.1) is 5.75 Å². The summed E-state index contributed by atoms with van der Waals surface area (Å²) in [7, 11) is 1.65. The molecule has 0 spiro atoms. The molecule has 0 unspecified atom stereocenters. The standard InChI is InChI=1S/C13H22N4O2S/c1-3-17(10-7-5-4-6-8-10)11(18)9-20-13-15-14-12(19)16(13)2/h10H,3-9H2,1-2H3,(H,14,19). The second kappa shape index (κ2) is 6.97. The van der Waals surface area contributed by atoms with Crippen LogP contribution >= 0.6 is 11.8 Å². The van der Waals surface area contributed by atoms with Gasteiger partial charge >= 0.3 is 5.69 Å². The highest BCUT2D eigenvalue weighted by molar-refractivity contribution is 7.99. The Morgan fingerprint density at radius 2 is 2.15 bits per heavy atom. The van der Waals surface area contributed by atoms with Gasteiger partial charge in [0.1, 0.15) is 0 Å². The Kier molecular flexibility index (Phi) is 5.28. The van der Waals surface area contributed by atoms with E-state index in [9.17, 15) is 9.59 Å². The predicted molar refractivity (Wildman–Crippen MR) is 78.8 cm³/mol. The molecular weight excluding hydrogens is 276 g/mol. The molecule has 7 heteroatoms. The van der Waals surface area contributed by atoms with Crippen molar-refractivity contribution in [1.82, 2.24) is 19.7 Å². The van der Waals surface area contributed by atoms with Crippen LogP contribution in [-0.2, 0) is 11.8 Å². The topological polar surface area (TPSA) is 71.0 Å². The van der Waals surface area contributed by atoms with Gasteiger partial charge < -0.3 is 4.90 Å². The Morgan fingerprint density at radius 1 is 1.45 bits per heavy atom. The smallest absolute Gasteiger partial charge is 0.339 e. The van der Waals surface area contributed by atoms with E-state index in [1.807, 2.05) is 11.8 Å². The lowest BCUT2D eigenvalue weighted by atomic mass is 9.94. The monoisotopic (exact) mass is 298 g/mol. The molecule has 1 aromatic heterocycles. The van der Waals surface area contributed by atoms with Crippen LogP contribution in [0.3, 0.4) is 0 Å². The van der Waals surface area contributed by atoms with E-state index in [-0.39, 0.29) is 11.6 Å². The molecule has 1 aliphatic carbocycles.